The molecule has 0 saturated carbocycles. The molecule has 0 spiro atoms. The summed E-state index contributed by atoms with van der Waals surface area (Å²) in [7, 11) is 0. The number of pyridine rings is 1. The molecule has 1 fully saturated rings. The van der Waals surface area contributed by atoms with Crippen LogP contribution >= 0.6 is 0 Å². The molecule has 0 radical (unpaired) electrons. The highest BCUT2D eigenvalue weighted by Gasteiger charge is 2.25. The van der Waals surface area contributed by atoms with Crippen LogP contribution in [0.3, 0.4) is 0 Å². The van der Waals surface area contributed by atoms with Crippen LogP contribution in [0.1, 0.15) is 10.5 Å². The summed E-state index contributed by atoms with van der Waals surface area (Å²) in [5, 5.41) is 2.83. The van der Waals surface area contributed by atoms with Crippen LogP contribution < -0.4 is 15.9 Å². The molecule has 5 heterocycles. The molecule has 4 aromatic heterocycles. The third-order valence-electron chi connectivity index (χ3n) is 5.75. The van der Waals surface area contributed by atoms with Crippen molar-refractivity contribution >= 4 is 34.2 Å². The van der Waals surface area contributed by atoms with Crippen molar-refractivity contribution in [3.63, 3.8) is 0 Å². The van der Waals surface area contributed by atoms with Crippen molar-refractivity contribution in [1.29, 1.82) is 0 Å². The van der Waals surface area contributed by atoms with Crippen LogP contribution in [-0.2, 0) is 4.74 Å². The number of morpholine rings is 1. The summed E-state index contributed by atoms with van der Waals surface area (Å²) in [6.45, 7) is 2.56. The molecular formula is C23H20N8O3. The zero-order valence-corrected chi connectivity index (χ0v) is 18.0. The topological polar surface area (TPSA) is 133 Å². The number of hydrogen-bond acceptors (Lipinski definition) is 7. The third-order valence-corrected chi connectivity index (χ3v) is 5.75. The van der Waals surface area contributed by atoms with Crippen LogP contribution in [0, 0.1) is 0 Å². The molecule has 1 aliphatic rings. The summed E-state index contributed by atoms with van der Waals surface area (Å²) < 4.78 is 7.34. The average molecular weight is 456 g/mol. The average Bonchev–Trinajstić information content (AvgIpc) is 3.44. The van der Waals surface area contributed by atoms with Crippen molar-refractivity contribution in [2.45, 2.75) is 0 Å². The highest BCUT2D eigenvalue weighted by molar-refractivity contribution is 6.07. The Morgan fingerprint density at radius 3 is 2.71 bits per heavy atom. The van der Waals surface area contributed by atoms with Gasteiger partial charge in [0.2, 0.25) is 0 Å². The number of nitrogens with one attached hydrogen (secondary N) is 3. The lowest BCUT2D eigenvalue weighted by molar-refractivity contribution is 0.102. The maximum Gasteiger partial charge on any atom is 0.323 e. The van der Waals surface area contributed by atoms with Crippen LogP contribution in [0.15, 0.2) is 59.8 Å². The van der Waals surface area contributed by atoms with Crippen molar-refractivity contribution in [2.75, 3.05) is 36.5 Å². The number of benzene rings is 1. The molecule has 170 valence electrons. The normalized spacial score (nSPS) is 14.1. The van der Waals surface area contributed by atoms with Gasteiger partial charge in [0.25, 0.3) is 5.91 Å². The number of carbonyl (C=O) groups excluding carboxylic acids is 1. The van der Waals surface area contributed by atoms with E-state index in [0.717, 1.165) is 5.56 Å². The number of nitrogens with zero attached hydrogens (tertiary/aromatic N) is 5. The molecule has 0 bridgehead atoms. The van der Waals surface area contributed by atoms with Gasteiger partial charge in [0.15, 0.2) is 17.2 Å². The Labute approximate surface area is 192 Å². The first-order valence-electron chi connectivity index (χ1n) is 10.8. The fraction of sp³-hybridized carbons (Fsp3) is 0.174. The van der Waals surface area contributed by atoms with Gasteiger partial charge in [-0.2, -0.15) is 0 Å². The van der Waals surface area contributed by atoms with Gasteiger partial charge < -0.3 is 24.9 Å². The summed E-state index contributed by atoms with van der Waals surface area (Å²) in [5.41, 5.74) is 3.12. The number of hydrogen-bond donors (Lipinski definition) is 3. The molecule has 6 rings (SSSR count). The lowest BCUT2D eigenvalue weighted by Gasteiger charge is -2.27. The molecule has 3 N–H and O–H groups in total. The molecule has 0 atom stereocenters. The zero-order chi connectivity index (χ0) is 23.1. The molecule has 1 saturated heterocycles. The smallest absolute Gasteiger partial charge is 0.323 e. The van der Waals surface area contributed by atoms with Gasteiger partial charge in [-0.15, -0.1) is 0 Å². The van der Waals surface area contributed by atoms with E-state index in [2.05, 4.69) is 30.2 Å². The van der Waals surface area contributed by atoms with E-state index in [1.807, 2.05) is 16.5 Å². The number of H-pyrrole nitrogens is 2. The molecule has 1 aliphatic heterocycles. The van der Waals surface area contributed by atoms with Gasteiger partial charge in [-0.1, -0.05) is 12.1 Å². The van der Waals surface area contributed by atoms with Crippen LogP contribution in [0.4, 0.5) is 11.6 Å². The van der Waals surface area contributed by atoms with E-state index in [1.54, 1.807) is 42.9 Å². The van der Waals surface area contributed by atoms with Gasteiger partial charge in [0.1, 0.15) is 5.82 Å². The molecule has 5 aromatic rings. The number of fused-ring (bicyclic) bond motifs is 2. The monoisotopic (exact) mass is 456 g/mol. The minimum Gasteiger partial charge on any atom is -0.378 e. The minimum absolute atomic E-state index is 0.227. The molecule has 1 amide bonds. The van der Waals surface area contributed by atoms with E-state index in [4.69, 9.17) is 9.72 Å². The summed E-state index contributed by atoms with van der Waals surface area (Å²) in [4.78, 5) is 46.3. The lowest BCUT2D eigenvalue weighted by Crippen LogP contribution is -2.37. The second kappa shape index (κ2) is 8.12. The number of ether oxygens (including phenoxy) is 1. The largest absolute Gasteiger partial charge is 0.378 e. The second-order valence-corrected chi connectivity index (χ2v) is 7.86. The van der Waals surface area contributed by atoms with Crippen molar-refractivity contribution < 1.29 is 9.53 Å². The number of aromatic nitrogens is 6. The second-order valence-electron chi connectivity index (χ2n) is 7.86. The molecule has 0 unspecified atom stereocenters. The maximum absolute atomic E-state index is 13.4. The number of rotatable bonds is 4. The van der Waals surface area contributed by atoms with Crippen LogP contribution in [0.2, 0.25) is 0 Å². The molecule has 11 nitrogen and oxygen atoms in total. The Kier molecular flexibility index (Phi) is 4.81. The van der Waals surface area contributed by atoms with E-state index in [-0.39, 0.29) is 11.4 Å². The fourth-order valence-electron chi connectivity index (χ4n) is 4.19. The SMILES string of the molecule is O=C(Nc1ccccn1)c1nc2c(N3CCOCC3)nccn2c1-c1ccc2[nH]c(=O)[nH]c2c1. The van der Waals surface area contributed by atoms with Crippen LogP contribution in [0.5, 0.6) is 0 Å². The van der Waals surface area contributed by atoms with Crippen LogP contribution in [-0.4, -0.2) is 61.5 Å². The maximum atomic E-state index is 13.4. The first-order chi connectivity index (χ1) is 16.7. The molecule has 1 aromatic carbocycles. The zero-order valence-electron chi connectivity index (χ0n) is 18.0. The fourth-order valence-corrected chi connectivity index (χ4v) is 4.19. The standard InChI is InChI=1S/C23H20N8O3/c32-22(28-17-3-1-2-6-24-17)18-19(14-4-5-15-16(13-14)27-23(33)26-15)31-8-7-25-20(21(31)29-18)30-9-11-34-12-10-30/h1-8,13H,9-12H2,(H,24,28,32)(H2,26,27,33). The highest BCUT2D eigenvalue weighted by Crippen LogP contribution is 2.31. The van der Waals surface area contributed by atoms with E-state index in [9.17, 15) is 9.59 Å². The number of aromatic amines is 2. The van der Waals surface area contributed by atoms with Gasteiger partial charge in [-0.05, 0) is 24.3 Å². The Morgan fingerprint density at radius 1 is 1.03 bits per heavy atom. The summed E-state index contributed by atoms with van der Waals surface area (Å²) in [5.74, 6) is 0.709. The van der Waals surface area contributed by atoms with Crippen LogP contribution in [0.25, 0.3) is 27.9 Å². The van der Waals surface area contributed by atoms with Gasteiger partial charge in [0.05, 0.1) is 29.9 Å². The number of anilines is 2. The van der Waals surface area contributed by atoms with E-state index in [1.165, 1.54) is 0 Å². The Hall–Kier alpha value is -4.51. The Morgan fingerprint density at radius 2 is 1.88 bits per heavy atom. The molecular weight excluding hydrogens is 436 g/mol. The Balaban J connectivity index is 1.54. The lowest BCUT2D eigenvalue weighted by atomic mass is 10.1. The summed E-state index contributed by atoms with van der Waals surface area (Å²) in [6, 6.07) is 10.8. The van der Waals surface area contributed by atoms with Gasteiger partial charge >= 0.3 is 5.69 Å². The number of amides is 1. The van der Waals surface area contributed by atoms with E-state index in [0.29, 0.717) is 60.3 Å². The highest BCUT2D eigenvalue weighted by atomic mass is 16.5. The first-order valence-corrected chi connectivity index (χ1v) is 10.8. The van der Waals surface area contributed by atoms with Crippen molar-refractivity contribution in [3.05, 3.63) is 71.2 Å². The molecule has 11 heteroatoms. The van der Waals surface area contributed by atoms with Crippen molar-refractivity contribution in [2.24, 2.45) is 0 Å². The number of carbonyl (C=O) groups is 1. The minimum atomic E-state index is -0.395. The quantitative estimate of drug-likeness (QED) is 0.377. The summed E-state index contributed by atoms with van der Waals surface area (Å²) in [6.07, 6.45) is 5.08. The van der Waals surface area contributed by atoms with Gasteiger partial charge in [-0.25, -0.2) is 19.7 Å². The predicted molar refractivity (Wildman–Crippen MR) is 126 cm³/mol. The first kappa shape index (κ1) is 20.1. The third kappa shape index (κ3) is 3.48. The van der Waals surface area contributed by atoms with Gasteiger partial charge in [0, 0.05) is 37.2 Å². The number of imidazole rings is 2. The van der Waals surface area contributed by atoms with Gasteiger partial charge in [-0.3, -0.25) is 9.20 Å². The molecule has 0 aliphatic carbocycles. The Bertz CT molecular complexity index is 1560. The van der Waals surface area contributed by atoms with Crippen molar-refractivity contribution in [1.82, 2.24) is 29.3 Å². The predicted octanol–water partition coefficient (Wildman–Crippen LogP) is 2.05. The van der Waals surface area contributed by atoms with Crippen molar-refractivity contribution in [3.8, 4) is 11.3 Å². The molecule has 34 heavy (non-hydrogen) atoms. The van der Waals surface area contributed by atoms with E-state index < -0.39 is 5.91 Å². The van der Waals surface area contributed by atoms with E-state index >= 15 is 0 Å². The summed E-state index contributed by atoms with van der Waals surface area (Å²) >= 11 is 0.